The summed E-state index contributed by atoms with van der Waals surface area (Å²) >= 11 is 0. The zero-order valence-electron chi connectivity index (χ0n) is 21.5. The van der Waals surface area contributed by atoms with Gasteiger partial charge in [-0.15, -0.1) is 0 Å². The number of aromatic nitrogens is 2. The number of amides is 1. The number of rotatable bonds is 5. The lowest BCUT2D eigenvalue weighted by Crippen LogP contribution is -2.54. The number of carbonyl (C=O) groups is 1. The van der Waals surface area contributed by atoms with Crippen LogP contribution in [-0.4, -0.2) is 22.2 Å². The number of nitrogens with zero attached hydrogens (tertiary/aromatic N) is 2. The first-order valence-corrected chi connectivity index (χ1v) is 13.3. The van der Waals surface area contributed by atoms with E-state index in [2.05, 4.69) is 80.2 Å². The van der Waals surface area contributed by atoms with Crippen LogP contribution >= 0.6 is 0 Å². The molecule has 0 aliphatic heterocycles. The maximum atomic E-state index is 13.5. The lowest BCUT2D eigenvalue weighted by atomic mass is 9.45. The van der Waals surface area contributed by atoms with Crippen molar-refractivity contribution in [2.75, 3.05) is 6.54 Å². The van der Waals surface area contributed by atoms with Gasteiger partial charge >= 0.3 is 0 Å². The minimum Gasteiger partial charge on any atom is -0.350 e. The Bertz CT molecular complexity index is 1280. The second kappa shape index (κ2) is 8.36. The molecule has 1 heterocycles. The van der Waals surface area contributed by atoms with Crippen LogP contribution in [0.4, 0.5) is 0 Å². The van der Waals surface area contributed by atoms with Crippen molar-refractivity contribution in [3.8, 4) is 11.3 Å². The van der Waals surface area contributed by atoms with Gasteiger partial charge in [-0.05, 0) is 80.2 Å². The third kappa shape index (κ3) is 3.82. The van der Waals surface area contributed by atoms with Crippen LogP contribution in [0, 0.1) is 37.0 Å². The van der Waals surface area contributed by atoms with E-state index in [1.54, 1.807) is 0 Å². The van der Waals surface area contributed by atoms with Crippen molar-refractivity contribution in [2.24, 2.45) is 23.2 Å². The summed E-state index contributed by atoms with van der Waals surface area (Å²) in [5, 5.41) is 8.27. The number of nitrogens with one attached hydrogen (secondary N) is 1. The first-order chi connectivity index (χ1) is 16.8. The predicted octanol–water partition coefficient (Wildman–Crippen LogP) is 6.12. The molecule has 0 radical (unpaired) electrons. The maximum absolute atomic E-state index is 13.5. The minimum atomic E-state index is -0.00118. The Morgan fingerprint density at radius 1 is 1.06 bits per heavy atom. The van der Waals surface area contributed by atoms with Crippen LogP contribution in [0.1, 0.15) is 71.4 Å². The van der Waals surface area contributed by atoms with E-state index >= 15 is 0 Å². The van der Waals surface area contributed by atoms with Crippen molar-refractivity contribution in [2.45, 2.75) is 66.3 Å². The fourth-order valence-electron chi connectivity index (χ4n) is 7.14. The molecule has 4 aliphatic carbocycles. The van der Waals surface area contributed by atoms with Gasteiger partial charge in [0.1, 0.15) is 0 Å². The highest BCUT2D eigenvalue weighted by atomic mass is 16.2. The Labute approximate surface area is 209 Å². The van der Waals surface area contributed by atoms with Crippen LogP contribution in [-0.2, 0) is 19.4 Å². The Morgan fingerprint density at radius 2 is 1.83 bits per heavy atom. The van der Waals surface area contributed by atoms with Gasteiger partial charge in [0.25, 0.3) is 5.91 Å². The molecule has 2 aromatic carbocycles. The van der Waals surface area contributed by atoms with Crippen molar-refractivity contribution in [1.82, 2.24) is 15.1 Å². The molecule has 1 N–H and O–H groups in total. The molecule has 7 rings (SSSR count). The van der Waals surface area contributed by atoms with Crippen LogP contribution in [0.15, 0.2) is 42.5 Å². The van der Waals surface area contributed by atoms with E-state index < -0.39 is 0 Å². The Morgan fingerprint density at radius 3 is 2.57 bits per heavy atom. The first-order valence-electron chi connectivity index (χ1n) is 13.3. The van der Waals surface area contributed by atoms with Crippen LogP contribution in [0.25, 0.3) is 11.3 Å². The highest BCUT2D eigenvalue weighted by Crippen LogP contribution is 2.61. The van der Waals surface area contributed by atoms with Gasteiger partial charge in [-0.1, -0.05) is 67.4 Å². The molecule has 3 aromatic rings. The number of hydrogen-bond acceptors (Lipinski definition) is 2. The van der Waals surface area contributed by atoms with Gasteiger partial charge in [0.15, 0.2) is 5.69 Å². The maximum Gasteiger partial charge on any atom is 0.272 e. The topological polar surface area (TPSA) is 46.9 Å². The van der Waals surface area contributed by atoms with Crippen LogP contribution in [0.3, 0.4) is 0 Å². The zero-order valence-corrected chi connectivity index (χ0v) is 21.5. The molecular formula is C31H37N3O. The summed E-state index contributed by atoms with van der Waals surface area (Å²) in [5.41, 5.74) is 9.62. The Hall–Kier alpha value is -2.88. The lowest BCUT2D eigenvalue weighted by molar-refractivity contribution is -0.103. The number of fused-ring (bicyclic) bond motifs is 5. The molecule has 3 unspecified atom stereocenters. The third-order valence-corrected chi connectivity index (χ3v) is 9.40. The van der Waals surface area contributed by atoms with Crippen LogP contribution in [0.2, 0.25) is 0 Å². The quantitative estimate of drug-likeness (QED) is 0.492. The van der Waals surface area contributed by atoms with Gasteiger partial charge in [0.05, 0.1) is 12.2 Å². The van der Waals surface area contributed by atoms with Gasteiger partial charge in [0, 0.05) is 17.7 Å². The molecule has 1 aromatic heterocycles. The van der Waals surface area contributed by atoms with E-state index in [1.165, 1.54) is 47.1 Å². The lowest BCUT2D eigenvalue weighted by Gasteiger charge is -2.60. The SMILES string of the molecule is Cc1ccc(Cn2nc(C(=O)NCC3CCC4CC3C4(C)C)c3c2-c2ccc(C)cc2CC3)cc1. The summed E-state index contributed by atoms with van der Waals surface area (Å²) in [4.78, 5) is 13.5. The highest BCUT2D eigenvalue weighted by molar-refractivity contribution is 5.96. The summed E-state index contributed by atoms with van der Waals surface area (Å²) in [5.74, 6) is 2.21. The number of hydrogen-bond donors (Lipinski definition) is 1. The van der Waals surface area contributed by atoms with E-state index in [1.807, 2.05) is 0 Å². The smallest absolute Gasteiger partial charge is 0.272 e. The minimum absolute atomic E-state index is 0.00118. The molecule has 0 spiro atoms. The molecule has 0 saturated heterocycles. The summed E-state index contributed by atoms with van der Waals surface area (Å²) in [6.07, 6.45) is 5.71. The van der Waals surface area contributed by atoms with E-state index in [0.29, 0.717) is 23.6 Å². The number of benzene rings is 2. The fraction of sp³-hybridized carbons (Fsp3) is 0.484. The molecule has 4 heteroatoms. The average molecular weight is 468 g/mol. The van der Waals surface area contributed by atoms with E-state index in [4.69, 9.17) is 5.10 Å². The van der Waals surface area contributed by atoms with Gasteiger partial charge in [-0.2, -0.15) is 5.10 Å². The van der Waals surface area contributed by atoms with Crippen molar-refractivity contribution in [3.05, 3.63) is 76.0 Å². The average Bonchev–Trinajstić information content (AvgIpc) is 3.22. The molecule has 4 nitrogen and oxygen atoms in total. The normalized spacial score (nSPS) is 23.7. The van der Waals surface area contributed by atoms with Gasteiger partial charge in [-0.3, -0.25) is 9.48 Å². The molecular weight excluding hydrogens is 430 g/mol. The second-order valence-electron chi connectivity index (χ2n) is 11.9. The van der Waals surface area contributed by atoms with Crippen molar-refractivity contribution in [1.29, 1.82) is 0 Å². The number of aryl methyl sites for hydroxylation is 3. The summed E-state index contributed by atoms with van der Waals surface area (Å²) in [6.45, 7) is 10.5. The molecule has 3 atom stereocenters. The third-order valence-electron chi connectivity index (χ3n) is 9.40. The van der Waals surface area contributed by atoms with E-state index in [-0.39, 0.29) is 5.91 Å². The Balaban J connectivity index is 1.30. The van der Waals surface area contributed by atoms with Gasteiger partial charge in [-0.25, -0.2) is 0 Å². The van der Waals surface area contributed by atoms with Gasteiger partial charge in [0.2, 0.25) is 0 Å². The monoisotopic (exact) mass is 467 g/mol. The van der Waals surface area contributed by atoms with Crippen molar-refractivity contribution in [3.63, 3.8) is 0 Å². The molecule has 2 bridgehead atoms. The Kier molecular flexibility index (Phi) is 5.39. The zero-order chi connectivity index (χ0) is 24.3. The molecule has 3 fully saturated rings. The summed E-state index contributed by atoms with van der Waals surface area (Å²) in [6, 6.07) is 15.3. The first kappa shape index (κ1) is 22.6. The van der Waals surface area contributed by atoms with Crippen LogP contribution < -0.4 is 5.32 Å². The van der Waals surface area contributed by atoms with E-state index in [0.717, 1.165) is 42.5 Å². The fourth-order valence-corrected chi connectivity index (χ4v) is 7.14. The molecule has 4 aliphatic rings. The second-order valence-corrected chi connectivity index (χ2v) is 11.9. The molecule has 35 heavy (non-hydrogen) atoms. The summed E-state index contributed by atoms with van der Waals surface area (Å²) < 4.78 is 2.07. The van der Waals surface area contributed by atoms with E-state index in [9.17, 15) is 4.79 Å². The van der Waals surface area contributed by atoms with Gasteiger partial charge < -0.3 is 5.32 Å². The predicted molar refractivity (Wildman–Crippen MR) is 141 cm³/mol. The largest absolute Gasteiger partial charge is 0.350 e. The standard InChI is InChI=1S/C31H37N3O/c1-19-5-8-21(9-6-19)18-34-29-25-13-7-20(2)15-22(25)11-14-26(29)28(33-34)30(35)32-17-23-10-12-24-16-27(23)31(24,3)4/h5-9,13,15,23-24,27H,10-12,14,16-18H2,1-4H3,(H,32,35). The molecule has 1 amide bonds. The molecule has 3 saturated carbocycles. The van der Waals surface area contributed by atoms with Crippen LogP contribution in [0.5, 0.6) is 0 Å². The van der Waals surface area contributed by atoms with Crippen molar-refractivity contribution >= 4 is 5.91 Å². The summed E-state index contributed by atoms with van der Waals surface area (Å²) in [7, 11) is 0. The van der Waals surface area contributed by atoms with Crippen molar-refractivity contribution < 1.29 is 4.79 Å². The molecule has 182 valence electrons. The number of carbonyl (C=O) groups excluding carboxylic acids is 1. The highest BCUT2D eigenvalue weighted by Gasteiger charge is 2.54.